The smallest absolute Gasteiger partial charge is 0.248 e. The van der Waals surface area contributed by atoms with Gasteiger partial charge in [-0.25, -0.2) is 12.8 Å². The predicted octanol–water partition coefficient (Wildman–Crippen LogP) is 4.38. The van der Waals surface area contributed by atoms with Crippen molar-refractivity contribution in [2.45, 2.75) is 24.3 Å². The minimum atomic E-state index is -3.83. The van der Waals surface area contributed by atoms with Crippen molar-refractivity contribution in [1.29, 1.82) is 0 Å². The van der Waals surface area contributed by atoms with Gasteiger partial charge in [-0.05, 0) is 43.0 Å². The zero-order valence-corrected chi connectivity index (χ0v) is 17.5. The standard InChI is InChI=1S/C18H20ClFN2O3S2/c1-4-16(18(23)21-15-7-5-6-8-17(15)26-2)22(27(3,24)25)12-9-10-14(20)13(19)11-12/h5-11,16H,4H2,1-3H3,(H,21,23). The second kappa shape index (κ2) is 8.95. The Morgan fingerprint density at radius 1 is 1.30 bits per heavy atom. The normalized spacial score (nSPS) is 12.5. The first-order valence-electron chi connectivity index (χ1n) is 8.07. The van der Waals surface area contributed by atoms with E-state index in [0.29, 0.717) is 5.69 Å². The van der Waals surface area contributed by atoms with E-state index in [1.165, 1.54) is 23.9 Å². The number of halogens is 2. The van der Waals surface area contributed by atoms with Crippen molar-refractivity contribution in [3.63, 3.8) is 0 Å². The third kappa shape index (κ3) is 5.15. The molecule has 2 rings (SSSR count). The minimum Gasteiger partial charge on any atom is -0.323 e. The van der Waals surface area contributed by atoms with E-state index >= 15 is 0 Å². The molecule has 2 aromatic rings. The van der Waals surface area contributed by atoms with Gasteiger partial charge in [0.1, 0.15) is 11.9 Å². The summed E-state index contributed by atoms with van der Waals surface area (Å²) in [6.07, 6.45) is 3.09. The van der Waals surface area contributed by atoms with Gasteiger partial charge in [-0.15, -0.1) is 11.8 Å². The number of nitrogens with one attached hydrogen (secondary N) is 1. The van der Waals surface area contributed by atoms with E-state index in [0.717, 1.165) is 21.5 Å². The molecule has 0 aromatic heterocycles. The number of amides is 1. The summed E-state index contributed by atoms with van der Waals surface area (Å²) in [6, 6.07) is 9.77. The third-order valence-electron chi connectivity index (χ3n) is 3.85. The fraction of sp³-hybridized carbons (Fsp3) is 0.278. The van der Waals surface area contributed by atoms with Gasteiger partial charge in [0.2, 0.25) is 15.9 Å². The average Bonchev–Trinajstić information content (AvgIpc) is 2.61. The molecule has 0 spiro atoms. The number of anilines is 2. The molecule has 0 aliphatic heterocycles. The van der Waals surface area contributed by atoms with Crippen LogP contribution in [0.3, 0.4) is 0 Å². The molecule has 0 fully saturated rings. The van der Waals surface area contributed by atoms with Crippen molar-refractivity contribution >= 4 is 50.7 Å². The van der Waals surface area contributed by atoms with Crippen LogP contribution < -0.4 is 9.62 Å². The van der Waals surface area contributed by atoms with Crippen molar-refractivity contribution in [1.82, 2.24) is 0 Å². The molecule has 27 heavy (non-hydrogen) atoms. The Morgan fingerprint density at radius 2 is 1.96 bits per heavy atom. The Kier molecular flexibility index (Phi) is 7.13. The molecule has 0 aliphatic carbocycles. The van der Waals surface area contributed by atoms with E-state index in [1.54, 1.807) is 19.1 Å². The number of hydrogen-bond acceptors (Lipinski definition) is 4. The lowest BCUT2D eigenvalue weighted by Crippen LogP contribution is -2.47. The maximum Gasteiger partial charge on any atom is 0.248 e. The Balaban J connectivity index is 2.43. The van der Waals surface area contributed by atoms with Crippen molar-refractivity contribution in [3.05, 3.63) is 53.3 Å². The lowest BCUT2D eigenvalue weighted by atomic mass is 10.1. The molecule has 0 radical (unpaired) electrons. The minimum absolute atomic E-state index is 0.129. The van der Waals surface area contributed by atoms with Gasteiger partial charge in [0, 0.05) is 4.90 Å². The number of nitrogens with zero attached hydrogens (tertiary/aromatic N) is 1. The maximum absolute atomic E-state index is 13.5. The average molecular weight is 431 g/mol. The number of carbonyl (C=O) groups excluding carboxylic acids is 1. The van der Waals surface area contributed by atoms with Gasteiger partial charge in [0.15, 0.2) is 0 Å². The van der Waals surface area contributed by atoms with E-state index in [2.05, 4.69) is 5.32 Å². The molecule has 0 saturated heterocycles. The highest BCUT2D eigenvalue weighted by Gasteiger charge is 2.32. The second-order valence-corrected chi connectivity index (χ2v) is 8.89. The van der Waals surface area contributed by atoms with E-state index < -0.39 is 27.8 Å². The number of benzene rings is 2. The number of rotatable bonds is 7. The summed E-state index contributed by atoms with van der Waals surface area (Å²) in [4.78, 5) is 13.7. The first kappa shape index (κ1) is 21.5. The van der Waals surface area contributed by atoms with Crippen molar-refractivity contribution < 1.29 is 17.6 Å². The molecule has 1 amide bonds. The summed E-state index contributed by atoms with van der Waals surface area (Å²) < 4.78 is 39.3. The zero-order valence-electron chi connectivity index (χ0n) is 15.1. The van der Waals surface area contributed by atoms with Crippen LogP contribution in [0.25, 0.3) is 0 Å². The highest BCUT2D eigenvalue weighted by molar-refractivity contribution is 7.98. The number of hydrogen-bond donors (Lipinski definition) is 1. The monoisotopic (exact) mass is 430 g/mol. The zero-order chi connectivity index (χ0) is 20.2. The van der Waals surface area contributed by atoms with Gasteiger partial charge in [-0.1, -0.05) is 30.7 Å². The van der Waals surface area contributed by atoms with Crippen molar-refractivity contribution in [3.8, 4) is 0 Å². The molecule has 1 atom stereocenters. The Hall–Kier alpha value is -1.77. The topological polar surface area (TPSA) is 66.5 Å². The third-order valence-corrected chi connectivity index (χ3v) is 6.12. The van der Waals surface area contributed by atoms with Crippen LogP contribution in [0.15, 0.2) is 47.4 Å². The predicted molar refractivity (Wildman–Crippen MR) is 110 cm³/mol. The Bertz CT molecular complexity index is 938. The van der Waals surface area contributed by atoms with Crippen LogP contribution in [-0.4, -0.2) is 32.9 Å². The van der Waals surface area contributed by atoms with Crippen LogP contribution >= 0.6 is 23.4 Å². The molecule has 0 heterocycles. The van der Waals surface area contributed by atoms with Gasteiger partial charge < -0.3 is 5.32 Å². The first-order chi connectivity index (χ1) is 12.7. The molecule has 1 unspecified atom stereocenters. The summed E-state index contributed by atoms with van der Waals surface area (Å²) in [5, 5.41) is 2.57. The van der Waals surface area contributed by atoms with Crippen LogP contribution in [0.1, 0.15) is 13.3 Å². The number of thioether (sulfide) groups is 1. The molecule has 0 saturated carbocycles. The van der Waals surface area contributed by atoms with Crippen molar-refractivity contribution in [2.24, 2.45) is 0 Å². The molecule has 0 bridgehead atoms. The summed E-state index contributed by atoms with van der Waals surface area (Å²) in [5.41, 5.74) is 0.725. The fourth-order valence-corrected chi connectivity index (χ4v) is 4.58. The SMILES string of the molecule is CCC(C(=O)Nc1ccccc1SC)N(c1ccc(F)c(Cl)c1)S(C)(=O)=O. The van der Waals surface area contributed by atoms with E-state index in [4.69, 9.17) is 11.6 Å². The van der Waals surface area contributed by atoms with Crippen LogP contribution in [0, 0.1) is 5.82 Å². The van der Waals surface area contributed by atoms with Gasteiger partial charge in [-0.2, -0.15) is 0 Å². The number of sulfonamides is 1. The van der Waals surface area contributed by atoms with E-state index in [-0.39, 0.29) is 17.1 Å². The molecule has 146 valence electrons. The molecule has 5 nitrogen and oxygen atoms in total. The molecular weight excluding hydrogens is 411 g/mol. The van der Waals surface area contributed by atoms with Crippen molar-refractivity contribution in [2.75, 3.05) is 22.1 Å². The molecular formula is C18H20ClFN2O3S2. The van der Waals surface area contributed by atoms with Crippen LogP contribution in [0.2, 0.25) is 5.02 Å². The highest BCUT2D eigenvalue weighted by Crippen LogP contribution is 2.29. The first-order valence-corrected chi connectivity index (χ1v) is 11.5. The summed E-state index contributed by atoms with van der Waals surface area (Å²) >= 11 is 7.27. The van der Waals surface area contributed by atoms with E-state index in [9.17, 15) is 17.6 Å². The number of para-hydroxylation sites is 1. The molecule has 2 aromatic carbocycles. The van der Waals surface area contributed by atoms with Crippen LogP contribution in [-0.2, 0) is 14.8 Å². The van der Waals surface area contributed by atoms with E-state index in [1.807, 2.05) is 18.4 Å². The van der Waals surface area contributed by atoms with Gasteiger partial charge in [0.25, 0.3) is 0 Å². The summed E-state index contributed by atoms with van der Waals surface area (Å²) in [5.74, 6) is -1.15. The number of carbonyl (C=O) groups is 1. The van der Waals surface area contributed by atoms with Gasteiger partial charge in [-0.3, -0.25) is 9.10 Å². The van der Waals surface area contributed by atoms with Crippen LogP contribution in [0.5, 0.6) is 0 Å². The van der Waals surface area contributed by atoms with Gasteiger partial charge in [0.05, 0.1) is 22.7 Å². The molecule has 0 aliphatic rings. The lowest BCUT2D eigenvalue weighted by molar-refractivity contribution is -0.117. The maximum atomic E-state index is 13.5. The second-order valence-electron chi connectivity index (χ2n) is 5.77. The quantitative estimate of drug-likeness (QED) is 0.662. The Morgan fingerprint density at radius 3 is 2.52 bits per heavy atom. The molecule has 1 N–H and O–H groups in total. The van der Waals surface area contributed by atoms with Crippen LogP contribution in [0.4, 0.5) is 15.8 Å². The summed E-state index contributed by atoms with van der Waals surface area (Å²) in [7, 11) is -3.83. The largest absolute Gasteiger partial charge is 0.323 e. The molecule has 9 heteroatoms. The highest BCUT2D eigenvalue weighted by atomic mass is 35.5. The Labute approximate surface area is 168 Å². The van der Waals surface area contributed by atoms with Gasteiger partial charge >= 0.3 is 0 Å². The summed E-state index contributed by atoms with van der Waals surface area (Å²) in [6.45, 7) is 1.70. The lowest BCUT2D eigenvalue weighted by Gasteiger charge is -2.30. The fourth-order valence-electron chi connectivity index (χ4n) is 2.65.